The van der Waals surface area contributed by atoms with E-state index in [2.05, 4.69) is 64.0 Å². The zero-order chi connectivity index (χ0) is 22.6. The summed E-state index contributed by atoms with van der Waals surface area (Å²) in [7, 11) is 0. The lowest BCUT2D eigenvalue weighted by Crippen LogP contribution is -2.60. The standard InChI is InChI=1S/C26H27N5O2/c1-3-26(18-6-4-5-17(11-18)19-7-9-27-13-16(19)2)20-14-28-31-23(20)29-21-12-25(8-10-33-15-25)30-24(32)22(21)26/h4-7,9,11,13-14,23,29H,3,8,10,12,15H2,1-2H3,(H,30,32)/t23?,25-,26-/m1/s1. The third-order valence-corrected chi connectivity index (χ3v) is 7.65. The Morgan fingerprint density at radius 1 is 1.27 bits per heavy atom. The zero-order valence-corrected chi connectivity index (χ0v) is 18.9. The Bertz CT molecular complexity index is 1240. The minimum absolute atomic E-state index is 0.0205. The van der Waals surface area contributed by atoms with E-state index in [1.165, 1.54) is 0 Å². The fraction of sp³-hybridized carbons (Fsp3) is 0.385. The summed E-state index contributed by atoms with van der Waals surface area (Å²) in [6.07, 6.45) is 7.57. The largest absolute Gasteiger partial charge is 0.379 e. The number of nitrogens with one attached hydrogen (secondary N) is 2. The molecule has 1 spiro atoms. The lowest BCUT2D eigenvalue weighted by atomic mass is 9.61. The Hall–Kier alpha value is -3.32. The number of carbonyl (C=O) groups excluding carboxylic acids is 1. The molecule has 1 aromatic carbocycles. The fourth-order valence-corrected chi connectivity index (χ4v) is 6.03. The van der Waals surface area contributed by atoms with E-state index in [1.807, 2.05) is 24.7 Å². The first kappa shape index (κ1) is 20.3. The van der Waals surface area contributed by atoms with Crippen molar-refractivity contribution < 1.29 is 9.53 Å². The van der Waals surface area contributed by atoms with Crippen LogP contribution in [-0.2, 0) is 14.9 Å². The molecule has 0 radical (unpaired) electrons. The second kappa shape index (κ2) is 7.35. The highest BCUT2D eigenvalue weighted by atomic mass is 16.5. The van der Waals surface area contributed by atoms with Crippen LogP contribution in [0.25, 0.3) is 11.1 Å². The molecule has 1 aromatic heterocycles. The molecule has 0 bridgehead atoms. The van der Waals surface area contributed by atoms with Gasteiger partial charge in [-0.15, -0.1) is 0 Å². The molecule has 7 heteroatoms. The molecular formula is C26H27N5O2. The topological polar surface area (TPSA) is 88.0 Å². The summed E-state index contributed by atoms with van der Waals surface area (Å²) < 4.78 is 5.67. The van der Waals surface area contributed by atoms with E-state index >= 15 is 0 Å². The molecule has 7 nitrogen and oxygen atoms in total. The Morgan fingerprint density at radius 3 is 2.97 bits per heavy atom. The normalized spacial score (nSPS) is 30.1. The van der Waals surface area contributed by atoms with Gasteiger partial charge in [-0.2, -0.15) is 10.2 Å². The molecule has 1 amide bonds. The van der Waals surface area contributed by atoms with Crippen molar-refractivity contribution in [3.05, 3.63) is 76.9 Å². The molecule has 1 saturated heterocycles. The van der Waals surface area contributed by atoms with Gasteiger partial charge in [-0.3, -0.25) is 9.78 Å². The van der Waals surface area contributed by atoms with E-state index in [9.17, 15) is 4.79 Å². The second-order valence-corrected chi connectivity index (χ2v) is 9.46. The smallest absolute Gasteiger partial charge is 0.250 e. The van der Waals surface area contributed by atoms with Crippen molar-refractivity contribution in [3.63, 3.8) is 0 Å². The summed E-state index contributed by atoms with van der Waals surface area (Å²) in [5, 5.41) is 15.6. The Labute approximate surface area is 193 Å². The van der Waals surface area contributed by atoms with Crippen LogP contribution in [-0.4, -0.2) is 35.8 Å². The summed E-state index contributed by atoms with van der Waals surface area (Å²) in [4.78, 5) is 18.0. The van der Waals surface area contributed by atoms with Crippen molar-refractivity contribution in [1.82, 2.24) is 15.6 Å². The Balaban J connectivity index is 1.55. The zero-order valence-electron chi connectivity index (χ0n) is 18.9. The molecule has 2 N–H and O–H groups in total. The SMILES string of the molecule is CC[C@@]1(c2cccc(-c3ccncc3C)c2)C2=CN=NC2NC2=C1C(=O)N[C@]1(CCOC1)C2. The number of amides is 1. The van der Waals surface area contributed by atoms with Crippen molar-refractivity contribution in [2.45, 2.75) is 50.2 Å². The lowest BCUT2D eigenvalue weighted by molar-refractivity contribution is -0.121. The average molecular weight is 442 g/mol. The number of hydrogen-bond acceptors (Lipinski definition) is 6. The van der Waals surface area contributed by atoms with Gasteiger partial charge in [-0.1, -0.05) is 25.1 Å². The van der Waals surface area contributed by atoms with Gasteiger partial charge in [0.05, 0.1) is 29.3 Å². The maximum Gasteiger partial charge on any atom is 0.250 e. The number of aromatic nitrogens is 1. The maximum absolute atomic E-state index is 13.8. The molecule has 168 valence electrons. The summed E-state index contributed by atoms with van der Waals surface area (Å²) in [5.41, 5.74) is 6.31. The Morgan fingerprint density at radius 2 is 2.18 bits per heavy atom. The lowest BCUT2D eigenvalue weighted by Gasteiger charge is -2.48. The molecule has 2 aromatic rings. The molecule has 1 unspecified atom stereocenters. The minimum atomic E-state index is -0.600. The van der Waals surface area contributed by atoms with Gasteiger partial charge < -0.3 is 15.4 Å². The summed E-state index contributed by atoms with van der Waals surface area (Å²) >= 11 is 0. The number of fused-ring (bicyclic) bond motifs is 1. The number of nitrogens with zero attached hydrogens (tertiary/aromatic N) is 3. The predicted octanol–water partition coefficient (Wildman–Crippen LogP) is 3.92. The predicted molar refractivity (Wildman–Crippen MR) is 124 cm³/mol. The highest BCUT2D eigenvalue weighted by Gasteiger charge is 2.55. The van der Waals surface area contributed by atoms with Gasteiger partial charge in [0.15, 0.2) is 6.17 Å². The van der Waals surface area contributed by atoms with Gasteiger partial charge in [0.2, 0.25) is 0 Å². The number of pyridine rings is 1. The monoisotopic (exact) mass is 441 g/mol. The molecule has 33 heavy (non-hydrogen) atoms. The summed E-state index contributed by atoms with van der Waals surface area (Å²) in [6, 6.07) is 10.6. The van der Waals surface area contributed by atoms with Crippen LogP contribution in [0, 0.1) is 6.92 Å². The van der Waals surface area contributed by atoms with Crippen molar-refractivity contribution in [3.8, 4) is 11.1 Å². The number of aryl methyl sites for hydroxylation is 1. The van der Waals surface area contributed by atoms with Crippen LogP contribution in [0.4, 0.5) is 0 Å². The highest BCUT2D eigenvalue weighted by Crippen LogP contribution is 2.52. The molecule has 0 saturated carbocycles. The van der Waals surface area contributed by atoms with Gasteiger partial charge in [-0.25, -0.2) is 0 Å². The number of rotatable bonds is 3. The molecular weight excluding hydrogens is 414 g/mol. The van der Waals surface area contributed by atoms with Gasteiger partial charge >= 0.3 is 0 Å². The number of azo groups is 1. The quantitative estimate of drug-likeness (QED) is 0.756. The van der Waals surface area contributed by atoms with Crippen molar-refractivity contribution in [2.75, 3.05) is 13.2 Å². The second-order valence-electron chi connectivity index (χ2n) is 9.46. The van der Waals surface area contributed by atoms with E-state index in [0.29, 0.717) is 13.2 Å². The van der Waals surface area contributed by atoms with Crippen LogP contribution in [0.3, 0.4) is 0 Å². The minimum Gasteiger partial charge on any atom is -0.379 e. The van der Waals surface area contributed by atoms with E-state index in [-0.39, 0.29) is 17.6 Å². The van der Waals surface area contributed by atoms with Crippen LogP contribution in [0.15, 0.2) is 76.0 Å². The first-order valence-electron chi connectivity index (χ1n) is 11.6. The van der Waals surface area contributed by atoms with Gasteiger partial charge in [0.1, 0.15) is 0 Å². The third-order valence-electron chi connectivity index (χ3n) is 7.65. The number of ether oxygens (including phenoxy) is 1. The van der Waals surface area contributed by atoms with Crippen molar-refractivity contribution >= 4 is 5.91 Å². The van der Waals surface area contributed by atoms with Crippen molar-refractivity contribution in [1.29, 1.82) is 0 Å². The Kier molecular flexibility index (Phi) is 4.52. The molecule has 0 aliphatic carbocycles. The van der Waals surface area contributed by atoms with E-state index in [4.69, 9.17) is 4.74 Å². The first-order valence-corrected chi connectivity index (χ1v) is 11.6. The van der Waals surface area contributed by atoms with Crippen LogP contribution in [0.2, 0.25) is 0 Å². The van der Waals surface area contributed by atoms with E-state index in [1.54, 1.807) is 0 Å². The van der Waals surface area contributed by atoms with E-state index < -0.39 is 5.41 Å². The summed E-state index contributed by atoms with van der Waals surface area (Å²) in [5.74, 6) is -0.0205. The van der Waals surface area contributed by atoms with Gasteiger partial charge in [0, 0.05) is 36.7 Å². The molecule has 4 aliphatic rings. The van der Waals surface area contributed by atoms with Gasteiger partial charge in [-0.05, 0) is 54.2 Å². The van der Waals surface area contributed by atoms with Crippen LogP contribution in [0.1, 0.15) is 37.3 Å². The first-order chi connectivity index (χ1) is 16.1. The molecule has 1 fully saturated rings. The number of hydrogen-bond donors (Lipinski definition) is 2. The number of carbonyl (C=O) groups is 1. The highest BCUT2D eigenvalue weighted by molar-refractivity contribution is 6.00. The molecule has 3 atom stereocenters. The van der Waals surface area contributed by atoms with E-state index in [0.717, 1.165) is 58.4 Å². The maximum atomic E-state index is 13.8. The number of benzene rings is 1. The molecule has 4 aliphatic heterocycles. The average Bonchev–Trinajstić information content (AvgIpc) is 3.47. The van der Waals surface area contributed by atoms with Crippen molar-refractivity contribution in [2.24, 2.45) is 10.2 Å². The van der Waals surface area contributed by atoms with Crippen LogP contribution in [0.5, 0.6) is 0 Å². The third kappa shape index (κ3) is 2.92. The summed E-state index contributed by atoms with van der Waals surface area (Å²) in [6.45, 7) is 5.43. The fourth-order valence-electron chi connectivity index (χ4n) is 6.03. The molecule has 6 rings (SSSR count). The van der Waals surface area contributed by atoms with Crippen LogP contribution >= 0.6 is 0 Å². The van der Waals surface area contributed by atoms with Crippen LogP contribution < -0.4 is 10.6 Å². The molecule has 5 heterocycles. The van der Waals surface area contributed by atoms with Gasteiger partial charge in [0.25, 0.3) is 5.91 Å².